The molecule has 3 heterocycles. The third-order valence-corrected chi connectivity index (χ3v) is 7.00. The van der Waals surface area contributed by atoms with Crippen molar-refractivity contribution < 1.29 is 24.2 Å². The minimum atomic E-state index is -0.667. The number of hydrogen-bond acceptors (Lipinski definition) is 6. The molecule has 7 nitrogen and oxygen atoms in total. The number of carbonyl (C=O) groups excluding carboxylic acids is 2. The number of likely N-dealkylation sites (tertiary alicyclic amines) is 1. The van der Waals surface area contributed by atoms with Crippen LogP contribution in [-0.2, 0) is 20.7 Å². The summed E-state index contributed by atoms with van der Waals surface area (Å²) in [7, 11) is 1.96. The van der Waals surface area contributed by atoms with Crippen molar-refractivity contribution in [3.8, 4) is 5.75 Å². The third-order valence-electron chi connectivity index (χ3n) is 7.00. The zero-order valence-electron chi connectivity index (χ0n) is 19.6. The van der Waals surface area contributed by atoms with Gasteiger partial charge in [0.25, 0.3) is 11.7 Å². The van der Waals surface area contributed by atoms with Crippen molar-refractivity contribution in [1.82, 2.24) is 4.90 Å². The van der Waals surface area contributed by atoms with E-state index in [1.807, 2.05) is 42.3 Å². The first-order valence-corrected chi connectivity index (χ1v) is 11.9. The Labute approximate surface area is 199 Å². The van der Waals surface area contributed by atoms with Gasteiger partial charge in [-0.2, -0.15) is 0 Å². The van der Waals surface area contributed by atoms with E-state index in [0.717, 1.165) is 48.4 Å². The van der Waals surface area contributed by atoms with Crippen LogP contribution in [0.1, 0.15) is 42.5 Å². The van der Waals surface area contributed by atoms with Gasteiger partial charge in [-0.3, -0.25) is 9.59 Å². The molecule has 2 unspecified atom stereocenters. The van der Waals surface area contributed by atoms with Crippen molar-refractivity contribution in [2.45, 2.75) is 38.3 Å². The molecule has 0 radical (unpaired) electrons. The van der Waals surface area contributed by atoms with Gasteiger partial charge in [-0.1, -0.05) is 31.2 Å². The summed E-state index contributed by atoms with van der Waals surface area (Å²) in [5.41, 5.74) is 3.41. The number of aliphatic hydroxyl groups excluding tert-OH is 1. The zero-order chi connectivity index (χ0) is 23.8. The lowest BCUT2D eigenvalue weighted by Gasteiger charge is -2.29. The van der Waals surface area contributed by atoms with Gasteiger partial charge in [-0.15, -0.1) is 0 Å². The molecule has 0 aromatic heterocycles. The van der Waals surface area contributed by atoms with Crippen LogP contribution in [0, 0.1) is 0 Å². The van der Waals surface area contributed by atoms with Crippen molar-refractivity contribution in [2.75, 3.05) is 38.3 Å². The number of nitrogens with zero attached hydrogens (tertiary/aromatic N) is 2. The molecule has 1 amide bonds. The van der Waals surface area contributed by atoms with Crippen LogP contribution < -0.4 is 9.64 Å². The Balaban J connectivity index is 1.60. The van der Waals surface area contributed by atoms with E-state index in [0.29, 0.717) is 25.3 Å². The third kappa shape index (κ3) is 3.94. The lowest BCUT2D eigenvalue weighted by atomic mass is 9.94. The molecule has 1 N–H and O–H groups in total. The molecule has 0 saturated carbocycles. The van der Waals surface area contributed by atoms with Gasteiger partial charge >= 0.3 is 0 Å². The van der Waals surface area contributed by atoms with Gasteiger partial charge < -0.3 is 24.4 Å². The molecule has 178 valence electrons. The number of aryl methyl sites for hydroxylation is 1. The molecule has 0 aliphatic carbocycles. The SMILES string of the molecule is CCc1ccc(C2/C(=C(/O)c3ccc4c(c3)N(C)CCO4)C(=O)C(=O)N2CC2CCCO2)cc1. The molecule has 2 aromatic rings. The van der Waals surface area contributed by atoms with Crippen LogP contribution in [-0.4, -0.2) is 61.2 Å². The molecule has 3 aliphatic rings. The second kappa shape index (κ2) is 9.14. The fraction of sp³-hybridized carbons (Fsp3) is 0.407. The number of benzene rings is 2. The Hall–Kier alpha value is -3.32. The Morgan fingerprint density at radius 1 is 1.12 bits per heavy atom. The van der Waals surface area contributed by atoms with E-state index in [-0.39, 0.29) is 17.4 Å². The van der Waals surface area contributed by atoms with E-state index in [1.54, 1.807) is 17.0 Å². The number of rotatable bonds is 5. The number of carbonyl (C=O) groups is 2. The van der Waals surface area contributed by atoms with Gasteiger partial charge in [0, 0.05) is 25.8 Å². The maximum Gasteiger partial charge on any atom is 0.295 e. The minimum Gasteiger partial charge on any atom is -0.507 e. The molecule has 2 saturated heterocycles. The number of amides is 1. The second-order valence-electron chi connectivity index (χ2n) is 9.13. The Morgan fingerprint density at radius 2 is 1.91 bits per heavy atom. The van der Waals surface area contributed by atoms with Crippen molar-refractivity contribution in [3.63, 3.8) is 0 Å². The van der Waals surface area contributed by atoms with Crippen molar-refractivity contribution >= 4 is 23.1 Å². The number of fused-ring (bicyclic) bond motifs is 1. The van der Waals surface area contributed by atoms with Crippen LogP contribution >= 0.6 is 0 Å². The van der Waals surface area contributed by atoms with E-state index in [9.17, 15) is 14.7 Å². The van der Waals surface area contributed by atoms with Gasteiger partial charge in [0.2, 0.25) is 0 Å². The number of aliphatic hydroxyl groups is 1. The largest absolute Gasteiger partial charge is 0.507 e. The maximum atomic E-state index is 13.3. The standard InChI is InChI=1S/C27H30N2O5/c1-3-17-6-8-18(9-7-17)24-23(26(31)27(32)29(24)16-20-5-4-13-33-20)25(30)19-10-11-22-21(15-19)28(2)12-14-34-22/h6-11,15,20,24,30H,3-5,12-14,16H2,1-2H3/b25-23-. The number of anilines is 1. The molecule has 0 bridgehead atoms. The first kappa shape index (κ1) is 22.5. The van der Waals surface area contributed by atoms with Gasteiger partial charge in [-0.05, 0) is 48.6 Å². The highest BCUT2D eigenvalue weighted by atomic mass is 16.5. The molecule has 5 rings (SSSR count). The van der Waals surface area contributed by atoms with Gasteiger partial charge in [0.15, 0.2) is 0 Å². The van der Waals surface area contributed by atoms with Gasteiger partial charge in [-0.25, -0.2) is 0 Å². The maximum absolute atomic E-state index is 13.3. The molecular weight excluding hydrogens is 432 g/mol. The Kier molecular flexibility index (Phi) is 6.04. The molecule has 34 heavy (non-hydrogen) atoms. The summed E-state index contributed by atoms with van der Waals surface area (Å²) in [6, 6.07) is 12.6. The van der Waals surface area contributed by atoms with Crippen LogP contribution in [0.2, 0.25) is 0 Å². The predicted molar refractivity (Wildman–Crippen MR) is 129 cm³/mol. The summed E-state index contributed by atoms with van der Waals surface area (Å²) in [4.78, 5) is 30.1. The highest BCUT2D eigenvalue weighted by Crippen LogP contribution is 2.41. The van der Waals surface area contributed by atoms with E-state index >= 15 is 0 Å². The molecule has 2 fully saturated rings. The molecule has 2 aromatic carbocycles. The van der Waals surface area contributed by atoms with E-state index in [1.165, 1.54) is 0 Å². The Morgan fingerprint density at radius 3 is 2.62 bits per heavy atom. The zero-order valence-corrected chi connectivity index (χ0v) is 19.6. The lowest BCUT2D eigenvalue weighted by molar-refractivity contribution is -0.140. The second-order valence-corrected chi connectivity index (χ2v) is 9.13. The number of hydrogen-bond donors (Lipinski definition) is 1. The fourth-order valence-electron chi connectivity index (χ4n) is 5.01. The average molecular weight is 463 g/mol. The average Bonchev–Trinajstić information content (AvgIpc) is 3.46. The monoisotopic (exact) mass is 462 g/mol. The van der Waals surface area contributed by atoms with Gasteiger partial charge in [0.05, 0.1) is 30.0 Å². The smallest absolute Gasteiger partial charge is 0.295 e. The Bertz CT molecular complexity index is 1130. The van der Waals surface area contributed by atoms with Crippen molar-refractivity contribution in [2.24, 2.45) is 0 Å². The summed E-state index contributed by atoms with van der Waals surface area (Å²) in [6.07, 6.45) is 2.57. The van der Waals surface area contributed by atoms with Crippen molar-refractivity contribution in [1.29, 1.82) is 0 Å². The van der Waals surface area contributed by atoms with Crippen LogP contribution in [0.3, 0.4) is 0 Å². The summed E-state index contributed by atoms with van der Waals surface area (Å²) >= 11 is 0. The number of ether oxygens (including phenoxy) is 2. The predicted octanol–water partition coefficient (Wildman–Crippen LogP) is 3.68. The van der Waals surface area contributed by atoms with Crippen LogP contribution in [0.5, 0.6) is 5.75 Å². The van der Waals surface area contributed by atoms with E-state index in [4.69, 9.17) is 9.47 Å². The fourth-order valence-corrected chi connectivity index (χ4v) is 5.01. The first-order chi connectivity index (χ1) is 16.5. The minimum absolute atomic E-state index is 0.106. The molecular formula is C27H30N2O5. The van der Waals surface area contributed by atoms with Crippen molar-refractivity contribution in [3.05, 3.63) is 64.7 Å². The lowest BCUT2D eigenvalue weighted by Crippen LogP contribution is -2.36. The molecule has 3 aliphatic heterocycles. The number of likely N-dealkylation sites (N-methyl/N-ethyl adjacent to an activating group) is 1. The summed E-state index contributed by atoms with van der Waals surface area (Å²) in [5.74, 6) is -0.696. The topological polar surface area (TPSA) is 79.3 Å². The van der Waals surface area contributed by atoms with Crippen LogP contribution in [0.4, 0.5) is 5.69 Å². The highest BCUT2D eigenvalue weighted by molar-refractivity contribution is 6.46. The van der Waals surface area contributed by atoms with Crippen LogP contribution in [0.25, 0.3) is 5.76 Å². The molecule has 7 heteroatoms. The molecule has 0 spiro atoms. The normalized spacial score (nSPS) is 23.8. The quantitative estimate of drug-likeness (QED) is 0.415. The van der Waals surface area contributed by atoms with Crippen LogP contribution in [0.15, 0.2) is 48.0 Å². The van der Waals surface area contributed by atoms with E-state index in [2.05, 4.69) is 6.92 Å². The van der Waals surface area contributed by atoms with E-state index < -0.39 is 17.7 Å². The first-order valence-electron chi connectivity index (χ1n) is 11.9. The van der Waals surface area contributed by atoms with Gasteiger partial charge in [0.1, 0.15) is 18.1 Å². The molecule has 2 atom stereocenters. The number of ketones is 1. The summed E-state index contributed by atoms with van der Waals surface area (Å²) < 4.78 is 11.5. The number of Topliss-reactive ketones (excluding diaryl/α,β-unsaturated/α-hetero) is 1. The summed E-state index contributed by atoms with van der Waals surface area (Å²) in [5, 5.41) is 11.4. The highest BCUT2D eigenvalue weighted by Gasteiger charge is 2.47. The summed E-state index contributed by atoms with van der Waals surface area (Å²) in [6.45, 7) is 4.39.